The van der Waals surface area contributed by atoms with Crippen LogP contribution in [0.25, 0.3) is 10.8 Å². The number of carbonyl (C=O) groups is 1. The highest BCUT2D eigenvalue weighted by Gasteiger charge is 2.36. The van der Waals surface area contributed by atoms with Crippen LogP contribution in [0.4, 0.5) is 5.69 Å². The zero-order chi connectivity index (χ0) is 16.7. The Balaban J connectivity index is 1.62. The second-order valence-corrected chi connectivity index (χ2v) is 8.36. The zero-order valence-corrected chi connectivity index (χ0v) is 14.2. The van der Waals surface area contributed by atoms with Crippen molar-refractivity contribution in [2.45, 2.75) is 11.4 Å². The summed E-state index contributed by atoms with van der Waals surface area (Å²) in [4.78, 5) is 13.5. The molecule has 0 bridgehead atoms. The molecular formula is C17H14N2O3S2. The quantitative estimate of drug-likeness (QED) is 0.780. The van der Waals surface area contributed by atoms with Gasteiger partial charge in [0, 0.05) is 10.3 Å². The summed E-state index contributed by atoms with van der Waals surface area (Å²) in [6.07, 6.45) is 0. The molecule has 0 atom stereocenters. The molecule has 0 fully saturated rings. The van der Waals surface area contributed by atoms with E-state index in [9.17, 15) is 13.2 Å². The van der Waals surface area contributed by atoms with Crippen LogP contribution in [0, 0.1) is 0 Å². The van der Waals surface area contributed by atoms with Crippen molar-refractivity contribution in [3.05, 3.63) is 58.8 Å². The summed E-state index contributed by atoms with van der Waals surface area (Å²) in [5, 5.41) is 6.25. The number of benzene rings is 2. The molecule has 2 heterocycles. The van der Waals surface area contributed by atoms with Gasteiger partial charge in [-0.3, -0.25) is 9.10 Å². The Labute approximate surface area is 143 Å². The van der Waals surface area contributed by atoms with E-state index in [0.717, 1.165) is 10.3 Å². The van der Waals surface area contributed by atoms with E-state index >= 15 is 0 Å². The van der Waals surface area contributed by atoms with Gasteiger partial charge < -0.3 is 5.32 Å². The lowest BCUT2D eigenvalue weighted by atomic mass is 10.1. The average Bonchev–Trinajstić information content (AvgIpc) is 3.16. The van der Waals surface area contributed by atoms with E-state index in [1.54, 1.807) is 35.6 Å². The molecule has 0 aliphatic carbocycles. The summed E-state index contributed by atoms with van der Waals surface area (Å²) in [6.45, 7) is 0.184. The predicted molar refractivity (Wildman–Crippen MR) is 94.6 cm³/mol. The van der Waals surface area contributed by atoms with Crippen LogP contribution in [0.1, 0.15) is 4.88 Å². The Kier molecular flexibility index (Phi) is 3.54. The van der Waals surface area contributed by atoms with Crippen molar-refractivity contribution in [3.63, 3.8) is 0 Å². The lowest BCUT2D eigenvalue weighted by molar-refractivity contribution is -0.119. The van der Waals surface area contributed by atoms with Crippen LogP contribution >= 0.6 is 11.3 Å². The van der Waals surface area contributed by atoms with Crippen molar-refractivity contribution in [2.75, 3.05) is 10.8 Å². The molecule has 4 rings (SSSR count). The molecule has 2 aromatic carbocycles. The molecule has 5 nitrogen and oxygen atoms in total. The van der Waals surface area contributed by atoms with Gasteiger partial charge in [0.15, 0.2) is 0 Å². The maximum atomic E-state index is 12.8. The normalized spacial score (nSPS) is 14.9. The Morgan fingerprint density at radius 1 is 1.08 bits per heavy atom. The van der Waals surface area contributed by atoms with Gasteiger partial charge in [-0.2, -0.15) is 0 Å². The van der Waals surface area contributed by atoms with E-state index < -0.39 is 10.0 Å². The van der Waals surface area contributed by atoms with Crippen molar-refractivity contribution < 1.29 is 13.2 Å². The van der Waals surface area contributed by atoms with E-state index in [4.69, 9.17) is 0 Å². The van der Waals surface area contributed by atoms with Crippen molar-refractivity contribution in [3.8, 4) is 0 Å². The number of anilines is 1. The van der Waals surface area contributed by atoms with E-state index in [1.807, 2.05) is 29.6 Å². The number of rotatable bonds is 4. The molecule has 1 N–H and O–H groups in total. The fourth-order valence-corrected chi connectivity index (χ4v) is 5.22. The summed E-state index contributed by atoms with van der Waals surface area (Å²) >= 11 is 1.55. The molecule has 3 aromatic rings. The fourth-order valence-electron chi connectivity index (χ4n) is 2.91. The van der Waals surface area contributed by atoms with Gasteiger partial charge >= 0.3 is 0 Å². The summed E-state index contributed by atoms with van der Waals surface area (Å²) in [5.41, 5.74) is 0.564. The number of sulfonamides is 1. The number of nitrogens with one attached hydrogen (secondary N) is 1. The van der Waals surface area contributed by atoms with Crippen LogP contribution in [0.2, 0.25) is 0 Å². The third-order valence-electron chi connectivity index (χ3n) is 4.01. The van der Waals surface area contributed by atoms with Gasteiger partial charge in [0.05, 0.1) is 17.1 Å². The van der Waals surface area contributed by atoms with Crippen LogP contribution in [-0.2, 0) is 21.4 Å². The Morgan fingerprint density at radius 3 is 2.62 bits per heavy atom. The van der Waals surface area contributed by atoms with Crippen LogP contribution in [0.15, 0.2) is 58.8 Å². The van der Waals surface area contributed by atoms with E-state index in [2.05, 4.69) is 5.32 Å². The molecule has 0 saturated carbocycles. The SMILES string of the molecule is O=C(CN1c2cccc3cccc(c23)S1(=O)=O)NCc1cccs1. The summed E-state index contributed by atoms with van der Waals surface area (Å²) in [5.74, 6) is -0.322. The Bertz CT molecular complexity index is 1020. The highest BCUT2D eigenvalue weighted by molar-refractivity contribution is 7.93. The first-order valence-electron chi connectivity index (χ1n) is 7.41. The number of amides is 1. The second-order valence-electron chi connectivity index (χ2n) is 5.50. The first-order chi connectivity index (χ1) is 11.6. The molecule has 1 aromatic heterocycles. The van der Waals surface area contributed by atoms with Gasteiger partial charge in [-0.05, 0) is 29.0 Å². The van der Waals surface area contributed by atoms with Crippen LogP contribution in [-0.4, -0.2) is 20.9 Å². The molecule has 1 aliphatic heterocycles. The molecule has 0 unspecified atom stereocenters. The first-order valence-corrected chi connectivity index (χ1v) is 9.73. The van der Waals surface area contributed by atoms with Crippen molar-refractivity contribution in [2.24, 2.45) is 0 Å². The van der Waals surface area contributed by atoms with Crippen molar-refractivity contribution in [1.29, 1.82) is 0 Å². The predicted octanol–water partition coefficient (Wildman–Crippen LogP) is 2.73. The van der Waals surface area contributed by atoms with E-state index in [-0.39, 0.29) is 17.3 Å². The molecule has 122 valence electrons. The second kappa shape index (κ2) is 5.61. The van der Waals surface area contributed by atoms with Gasteiger partial charge in [-0.1, -0.05) is 30.3 Å². The smallest absolute Gasteiger partial charge is 0.265 e. The third-order valence-corrected chi connectivity index (χ3v) is 6.69. The highest BCUT2D eigenvalue weighted by atomic mass is 32.2. The largest absolute Gasteiger partial charge is 0.350 e. The van der Waals surface area contributed by atoms with Gasteiger partial charge in [0.1, 0.15) is 6.54 Å². The van der Waals surface area contributed by atoms with Crippen molar-refractivity contribution >= 4 is 43.7 Å². The fraction of sp³-hybridized carbons (Fsp3) is 0.118. The maximum Gasteiger partial charge on any atom is 0.265 e. The maximum absolute atomic E-state index is 12.8. The van der Waals surface area contributed by atoms with Gasteiger partial charge in [0.2, 0.25) is 5.91 Å². The lowest BCUT2D eigenvalue weighted by Gasteiger charge is -2.18. The van der Waals surface area contributed by atoms with Crippen LogP contribution < -0.4 is 9.62 Å². The minimum Gasteiger partial charge on any atom is -0.350 e. The van der Waals surface area contributed by atoms with Crippen molar-refractivity contribution in [1.82, 2.24) is 5.32 Å². The van der Waals surface area contributed by atoms with Gasteiger partial charge in [-0.15, -0.1) is 11.3 Å². The minimum atomic E-state index is -3.69. The Morgan fingerprint density at radius 2 is 1.88 bits per heavy atom. The number of nitrogens with zero attached hydrogens (tertiary/aromatic N) is 1. The van der Waals surface area contributed by atoms with E-state index in [1.165, 1.54) is 4.31 Å². The minimum absolute atomic E-state index is 0.221. The Hall–Kier alpha value is -2.38. The highest BCUT2D eigenvalue weighted by Crippen LogP contribution is 2.41. The number of hydrogen-bond acceptors (Lipinski definition) is 4. The molecule has 1 amide bonds. The van der Waals surface area contributed by atoms with Gasteiger partial charge in [-0.25, -0.2) is 8.42 Å². The summed E-state index contributed by atoms with van der Waals surface area (Å²) in [7, 11) is -3.69. The van der Waals surface area contributed by atoms with Crippen LogP contribution in [0.3, 0.4) is 0 Å². The monoisotopic (exact) mass is 358 g/mol. The van der Waals surface area contributed by atoms with E-state index in [0.29, 0.717) is 17.6 Å². The molecule has 24 heavy (non-hydrogen) atoms. The molecule has 0 radical (unpaired) electrons. The number of carbonyl (C=O) groups excluding carboxylic acids is 1. The molecule has 7 heteroatoms. The first kappa shape index (κ1) is 15.2. The number of thiophene rings is 1. The van der Waals surface area contributed by atoms with Crippen LogP contribution in [0.5, 0.6) is 0 Å². The molecule has 1 aliphatic rings. The molecular weight excluding hydrogens is 344 g/mol. The third kappa shape index (κ3) is 2.37. The molecule has 0 saturated heterocycles. The topological polar surface area (TPSA) is 66.5 Å². The standard InChI is InChI=1S/C17H14N2O3S2/c20-16(18-10-13-6-3-9-23-13)11-19-14-7-1-4-12-5-2-8-15(17(12)14)24(19,21)22/h1-9H,10-11H2,(H,18,20). The number of hydrogen-bond donors (Lipinski definition) is 1. The average molecular weight is 358 g/mol. The zero-order valence-electron chi connectivity index (χ0n) is 12.6. The summed E-state index contributed by atoms with van der Waals surface area (Å²) < 4.78 is 26.8. The lowest BCUT2D eigenvalue weighted by Crippen LogP contribution is -2.38. The summed E-state index contributed by atoms with van der Waals surface area (Å²) in [6, 6.07) is 14.4. The van der Waals surface area contributed by atoms with Gasteiger partial charge in [0.25, 0.3) is 10.0 Å². The molecule has 0 spiro atoms.